The van der Waals surface area contributed by atoms with E-state index in [9.17, 15) is 9.90 Å². The molecule has 0 bridgehead atoms. The van der Waals surface area contributed by atoms with E-state index in [1.54, 1.807) is 7.11 Å². The molecule has 0 atom stereocenters. The molecule has 48 heavy (non-hydrogen) atoms. The topological polar surface area (TPSA) is 94.2 Å². The van der Waals surface area contributed by atoms with Gasteiger partial charge in [0.25, 0.3) is 0 Å². The Bertz CT molecular complexity index is 1900. The lowest BCUT2D eigenvalue weighted by Gasteiger charge is -2.27. The molecule has 2 aliphatic rings. The maximum Gasteiger partial charge on any atom is 0.352 e. The minimum atomic E-state index is -0.892. The highest BCUT2D eigenvalue weighted by Crippen LogP contribution is 2.40. The number of hydrogen-bond acceptors (Lipinski definition) is 7. The Morgan fingerprint density at radius 2 is 1.75 bits per heavy atom. The van der Waals surface area contributed by atoms with Crippen molar-refractivity contribution in [2.75, 3.05) is 60.2 Å². The largest absolute Gasteiger partial charge is 0.493 e. The van der Waals surface area contributed by atoms with E-state index in [2.05, 4.69) is 62.5 Å². The summed E-state index contributed by atoms with van der Waals surface area (Å²) in [4.78, 5) is 17.8. The van der Waals surface area contributed by atoms with E-state index in [0.29, 0.717) is 64.6 Å². The van der Waals surface area contributed by atoms with Crippen LogP contribution in [0.4, 0.5) is 0 Å². The van der Waals surface area contributed by atoms with Gasteiger partial charge in [-0.15, -0.1) is 0 Å². The number of methoxy groups -OCH3 is 1. The Morgan fingerprint density at radius 1 is 0.958 bits per heavy atom. The number of nitrogens with zero attached hydrogens (tertiary/aromatic N) is 5. The van der Waals surface area contributed by atoms with Gasteiger partial charge in [0.05, 0.1) is 49.9 Å². The minimum absolute atomic E-state index is 0.383. The van der Waals surface area contributed by atoms with Crippen LogP contribution >= 0.6 is 0 Å². The van der Waals surface area contributed by atoms with Crippen LogP contribution in [0.2, 0.25) is 0 Å². The number of aryl methyl sites for hydroxylation is 2. The van der Waals surface area contributed by atoms with E-state index in [1.807, 2.05) is 24.3 Å². The van der Waals surface area contributed by atoms with E-state index in [4.69, 9.17) is 19.3 Å². The van der Waals surface area contributed by atoms with Gasteiger partial charge in [0, 0.05) is 61.7 Å². The van der Waals surface area contributed by atoms with Gasteiger partial charge in [-0.05, 0) is 49.9 Å². The molecule has 3 aromatic carbocycles. The van der Waals surface area contributed by atoms with Crippen LogP contribution in [0.3, 0.4) is 0 Å². The number of morpholine rings is 1. The summed E-state index contributed by atoms with van der Waals surface area (Å²) in [6.07, 6.45) is 2.12. The summed E-state index contributed by atoms with van der Waals surface area (Å²) >= 11 is 0. The van der Waals surface area contributed by atoms with Crippen LogP contribution in [0.1, 0.15) is 40.3 Å². The van der Waals surface area contributed by atoms with Crippen molar-refractivity contribution >= 4 is 27.6 Å². The zero-order valence-electron chi connectivity index (χ0n) is 28.0. The Balaban J connectivity index is 1.30. The first-order chi connectivity index (χ1) is 23.5. The van der Waals surface area contributed by atoms with Crippen molar-refractivity contribution in [1.29, 1.82) is 0 Å². The molecular weight excluding hydrogens is 606 g/mol. The van der Waals surface area contributed by atoms with E-state index >= 15 is 0 Å². The Labute approximate surface area is 281 Å². The highest BCUT2D eigenvalue weighted by atomic mass is 16.5. The summed E-state index contributed by atoms with van der Waals surface area (Å²) in [7, 11) is 3.84. The molecule has 7 rings (SSSR count). The van der Waals surface area contributed by atoms with Crippen molar-refractivity contribution in [3.63, 3.8) is 0 Å². The molecule has 252 valence electrons. The molecule has 0 saturated carbocycles. The summed E-state index contributed by atoms with van der Waals surface area (Å²) < 4.78 is 21.6. The molecule has 10 nitrogen and oxygen atoms in total. The number of benzene rings is 3. The summed E-state index contributed by atoms with van der Waals surface area (Å²) in [5, 5.41) is 19.2. The standard InChI is InChI=1S/C38H45N5O5/c1-40-16-8-17-42-36-29(30(37(42)38(44)45)14-7-21-48-34-15-5-10-27-9-3-4-11-28(27)34)12-6-13-31(36)35-32(25-40)39-43(20-22-46-2)33(35)26-41-18-23-47-24-19-41/h3-6,9-13,15H,7-8,14,16-26H2,1-2H3,(H,44,45). The van der Waals surface area contributed by atoms with Crippen LogP contribution in [0.25, 0.3) is 32.8 Å². The molecule has 1 fully saturated rings. The van der Waals surface area contributed by atoms with Gasteiger partial charge in [0.1, 0.15) is 11.4 Å². The average Bonchev–Trinajstić information content (AvgIpc) is 3.60. The molecule has 1 N–H and O–H groups in total. The molecule has 0 spiro atoms. The van der Waals surface area contributed by atoms with Gasteiger partial charge in [-0.25, -0.2) is 4.79 Å². The number of ether oxygens (including phenoxy) is 3. The van der Waals surface area contributed by atoms with Crippen LogP contribution in [0.5, 0.6) is 5.75 Å². The van der Waals surface area contributed by atoms with Crippen LogP contribution in [0, 0.1) is 0 Å². The average molecular weight is 652 g/mol. The number of aromatic nitrogens is 3. The fraction of sp³-hybridized carbons (Fsp3) is 0.421. The normalized spacial score (nSPS) is 16.0. The zero-order valence-corrected chi connectivity index (χ0v) is 28.0. The lowest BCUT2D eigenvalue weighted by atomic mass is 9.97. The third-order valence-corrected chi connectivity index (χ3v) is 9.69. The Morgan fingerprint density at radius 3 is 2.58 bits per heavy atom. The summed E-state index contributed by atoms with van der Waals surface area (Å²) in [6.45, 7) is 7.75. The van der Waals surface area contributed by atoms with Crippen LogP contribution < -0.4 is 4.74 Å². The second-order valence-corrected chi connectivity index (χ2v) is 12.9. The molecule has 0 radical (unpaired) electrons. The van der Waals surface area contributed by atoms with Crippen molar-refractivity contribution < 1.29 is 24.1 Å². The molecule has 0 unspecified atom stereocenters. The van der Waals surface area contributed by atoms with Crippen molar-refractivity contribution in [3.8, 4) is 16.9 Å². The first kappa shape index (κ1) is 32.3. The lowest BCUT2D eigenvalue weighted by molar-refractivity contribution is 0.0329. The molecular formula is C38H45N5O5. The lowest BCUT2D eigenvalue weighted by Crippen LogP contribution is -2.36. The fourth-order valence-corrected chi connectivity index (χ4v) is 7.46. The highest BCUT2D eigenvalue weighted by Gasteiger charge is 2.29. The van der Waals surface area contributed by atoms with E-state index in [0.717, 1.165) is 88.1 Å². The molecule has 5 aromatic rings. The van der Waals surface area contributed by atoms with Gasteiger partial charge in [-0.2, -0.15) is 5.10 Å². The number of carboxylic acids is 1. The first-order valence-corrected chi connectivity index (χ1v) is 17.1. The number of rotatable bonds is 11. The van der Waals surface area contributed by atoms with Crippen molar-refractivity contribution in [1.82, 2.24) is 24.1 Å². The van der Waals surface area contributed by atoms with Gasteiger partial charge < -0.3 is 28.8 Å². The quantitative estimate of drug-likeness (QED) is 0.182. The van der Waals surface area contributed by atoms with E-state index in [-0.39, 0.29) is 0 Å². The molecule has 10 heteroatoms. The number of aromatic carboxylic acids is 1. The minimum Gasteiger partial charge on any atom is -0.493 e. The zero-order chi connectivity index (χ0) is 33.0. The van der Waals surface area contributed by atoms with Gasteiger partial charge >= 0.3 is 5.97 Å². The Kier molecular flexibility index (Phi) is 9.76. The summed E-state index contributed by atoms with van der Waals surface area (Å²) in [5.74, 6) is -0.0401. The fourth-order valence-electron chi connectivity index (χ4n) is 7.46. The predicted molar refractivity (Wildman–Crippen MR) is 187 cm³/mol. The van der Waals surface area contributed by atoms with Crippen LogP contribution in [-0.2, 0) is 42.1 Å². The molecule has 2 aromatic heterocycles. The maximum atomic E-state index is 13.1. The van der Waals surface area contributed by atoms with Gasteiger partial charge in [0.15, 0.2) is 0 Å². The van der Waals surface area contributed by atoms with Gasteiger partial charge in [-0.3, -0.25) is 9.58 Å². The van der Waals surface area contributed by atoms with Gasteiger partial charge in [-0.1, -0.05) is 54.6 Å². The molecule has 0 amide bonds. The summed E-state index contributed by atoms with van der Waals surface area (Å²) in [6, 6.07) is 20.6. The van der Waals surface area contributed by atoms with E-state index < -0.39 is 5.97 Å². The second-order valence-electron chi connectivity index (χ2n) is 12.9. The van der Waals surface area contributed by atoms with Crippen LogP contribution in [0.15, 0.2) is 60.7 Å². The SMILES string of the molecule is COCCn1nc2c(c1CN1CCOCC1)-c1cccc3c(CCCOc4cccc5ccccc45)c(C(=O)O)n(c13)CCCN(C)C2. The number of hydrogen-bond donors (Lipinski definition) is 1. The maximum absolute atomic E-state index is 13.1. The molecule has 1 saturated heterocycles. The summed E-state index contributed by atoms with van der Waals surface area (Å²) in [5.41, 5.74) is 6.55. The monoisotopic (exact) mass is 651 g/mol. The van der Waals surface area contributed by atoms with Crippen LogP contribution in [-0.4, -0.2) is 95.4 Å². The number of carboxylic acid groups (broad SMARTS) is 1. The van der Waals surface area contributed by atoms with E-state index in [1.165, 1.54) is 0 Å². The smallest absolute Gasteiger partial charge is 0.352 e. The van der Waals surface area contributed by atoms with Gasteiger partial charge in [0.2, 0.25) is 0 Å². The van der Waals surface area contributed by atoms with Crippen molar-refractivity contribution in [2.24, 2.45) is 0 Å². The predicted octanol–water partition coefficient (Wildman–Crippen LogP) is 5.68. The Hall–Kier alpha value is -4.22. The number of fused-ring (bicyclic) bond motifs is 3. The third-order valence-electron chi connectivity index (χ3n) is 9.69. The van der Waals surface area contributed by atoms with Crippen molar-refractivity contribution in [3.05, 3.63) is 83.3 Å². The highest BCUT2D eigenvalue weighted by molar-refractivity contribution is 6.04. The molecule has 4 heterocycles. The molecule has 0 aliphatic carbocycles. The third kappa shape index (κ3) is 6.45. The second kappa shape index (κ2) is 14.5. The number of para-hydroxylation sites is 1. The molecule has 2 aliphatic heterocycles. The van der Waals surface area contributed by atoms with Crippen molar-refractivity contribution in [2.45, 2.75) is 45.4 Å². The first-order valence-electron chi connectivity index (χ1n) is 17.1. The number of carbonyl (C=O) groups is 1.